The lowest BCUT2D eigenvalue weighted by Crippen LogP contribution is -2.31. The number of nitrogens with two attached hydrogens (primary N) is 2. The molecule has 3 heteroatoms. The molecule has 1 aliphatic carbocycles. The maximum absolute atomic E-state index is 5.84. The molecule has 0 aliphatic heterocycles. The van der Waals surface area contributed by atoms with Gasteiger partial charge in [0.1, 0.15) is 0 Å². The van der Waals surface area contributed by atoms with E-state index in [-0.39, 0.29) is 0 Å². The van der Waals surface area contributed by atoms with E-state index in [4.69, 9.17) is 23.1 Å². The van der Waals surface area contributed by atoms with Crippen LogP contribution in [0.3, 0.4) is 0 Å². The van der Waals surface area contributed by atoms with E-state index in [0.29, 0.717) is 11.5 Å². The molecule has 1 rings (SSSR count). The van der Waals surface area contributed by atoms with Gasteiger partial charge < -0.3 is 11.5 Å². The maximum atomic E-state index is 5.84. The molecule has 2 nitrogen and oxygen atoms in total. The molecule has 19 heavy (non-hydrogen) atoms. The fraction of sp³-hybridized carbons (Fsp3) is 1.00. The Morgan fingerprint density at radius 3 is 1.89 bits per heavy atom. The summed E-state index contributed by atoms with van der Waals surface area (Å²) in [7, 11) is 0. The fourth-order valence-corrected chi connectivity index (χ4v) is 2.77. The van der Waals surface area contributed by atoms with Gasteiger partial charge in [-0.05, 0) is 56.4 Å². The third kappa shape index (κ3) is 10.6. The number of halogens is 1. The minimum absolute atomic E-state index is 0.494. The summed E-state index contributed by atoms with van der Waals surface area (Å²) in [6, 6.07) is 0.494. The molecule has 4 N–H and O–H groups in total. The van der Waals surface area contributed by atoms with Crippen LogP contribution in [0.1, 0.15) is 72.1 Å². The van der Waals surface area contributed by atoms with Crippen molar-refractivity contribution in [1.82, 2.24) is 0 Å². The highest BCUT2D eigenvalue weighted by molar-refractivity contribution is 6.17. The second-order valence-corrected chi connectivity index (χ2v) is 7.25. The van der Waals surface area contributed by atoms with E-state index in [2.05, 4.69) is 20.8 Å². The molecule has 0 spiro atoms. The molecule has 0 radical (unpaired) electrons. The third-order valence-corrected chi connectivity index (χ3v) is 4.35. The van der Waals surface area contributed by atoms with E-state index < -0.39 is 0 Å². The Labute approximate surface area is 125 Å². The van der Waals surface area contributed by atoms with E-state index in [1.54, 1.807) is 0 Å². The van der Waals surface area contributed by atoms with E-state index in [0.717, 1.165) is 31.2 Å². The molecule has 1 saturated carbocycles. The van der Waals surface area contributed by atoms with E-state index in [1.807, 2.05) is 0 Å². The van der Waals surface area contributed by atoms with Gasteiger partial charge >= 0.3 is 0 Å². The van der Waals surface area contributed by atoms with E-state index in [1.165, 1.54) is 38.5 Å². The van der Waals surface area contributed by atoms with Gasteiger partial charge in [0.25, 0.3) is 0 Å². The van der Waals surface area contributed by atoms with Crippen molar-refractivity contribution in [2.24, 2.45) is 22.8 Å². The third-order valence-electron chi connectivity index (χ3n) is 4.08. The first kappa shape index (κ1) is 19.2. The van der Waals surface area contributed by atoms with E-state index >= 15 is 0 Å². The van der Waals surface area contributed by atoms with Crippen molar-refractivity contribution in [3.05, 3.63) is 0 Å². The number of hydrogen-bond donors (Lipinski definition) is 2. The minimum Gasteiger partial charge on any atom is -0.330 e. The van der Waals surface area contributed by atoms with Gasteiger partial charge in [-0.25, -0.2) is 0 Å². The molecule has 116 valence electrons. The monoisotopic (exact) mass is 290 g/mol. The van der Waals surface area contributed by atoms with Gasteiger partial charge in [0.2, 0.25) is 0 Å². The number of alkyl halides is 1. The summed E-state index contributed by atoms with van der Waals surface area (Å²) in [5.74, 6) is 1.70. The topological polar surface area (TPSA) is 52.0 Å². The molecule has 0 aromatic heterocycles. The Morgan fingerprint density at radius 1 is 0.947 bits per heavy atom. The van der Waals surface area contributed by atoms with Gasteiger partial charge in [-0.15, -0.1) is 11.6 Å². The van der Waals surface area contributed by atoms with Crippen molar-refractivity contribution in [1.29, 1.82) is 0 Å². The zero-order chi connectivity index (χ0) is 14.7. The van der Waals surface area contributed by atoms with Gasteiger partial charge in [0.05, 0.1) is 0 Å². The number of hydrogen-bond acceptors (Lipinski definition) is 2. The van der Waals surface area contributed by atoms with Crippen molar-refractivity contribution in [3.63, 3.8) is 0 Å². The van der Waals surface area contributed by atoms with Crippen LogP contribution < -0.4 is 11.5 Å². The summed E-state index contributed by atoms with van der Waals surface area (Å²) in [6.07, 6.45) is 9.92. The highest BCUT2D eigenvalue weighted by atomic mass is 35.5. The Morgan fingerprint density at radius 2 is 1.47 bits per heavy atom. The normalized spacial score (nSPS) is 23.7. The second-order valence-electron chi connectivity index (χ2n) is 6.87. The first-order valence-electron chi connectivity index (χ1n) is 7.93. The molecule has 0 aromatic carbocycles. The van der Waals surface area contributed by atoms with Crippen LogP contribution in [0.2, 0.25) is 0 Å². The number of unbranched alkanes of at least 4 members (excludes halogenated alkanes) is 3. The average Bonchev–Trinajstić information content (AvgIpc) is 2.35. The quantitative estimate of drug-likeness (QED) is 0.586. The Bertz CT molecular complexity index is 187. The largest absolute Gasteiger partial charge is 0.330 e. The van der Waals surface area contributed by atoms with Gasteiger partial charge in [-0.2, -0.15) is 0 Å². The molecule has 1 aliphatic rings. The maximum Gasteiger partial charge on any atom is 0.0223 e. The molecular formula is C16H35ClN2. The van der Waals surface area contributed by atoms with Crippen LogP contribution in [0.4, 0.5) is 0 Å². The van der Waals surface area contributed by atoms with Gasteiger partial charge in [0.15, 0.2) is 0 Å². The van der Waals surface area contributed by atoms with Crippen LogP contribution in [0.25, 0.3) is 0 Å². The lowest BCUT2D eigenvalue weighted by Gasteiger charge is -2.35. The molecule has 0 amide bonds. The zero-order valence-corrected chi connectivity index (χ0v) is 14.0. The van der Waals surface area contributed by atoms with Crippen LogP contribution in [-0.2, 0) is 0 Å². The van der Waals surface area contributed by atoms with Crippen molar-refractivity contribution >= 4 is 11.6 Å². The SMILES string of the molecule is CC(C)(C)C1CCC(N)CC1.NCCCCCCCl. The molecular weight excluding hydrogens is 256 g/mol. The molecule has 1 fully saturated rings. The van der Waals surface area contributed by atoms with E-state index in [9.17, 15) is 0 Å². The van der Waals surface area contributed by atoms with Crippen LogP contribution in [0.15, 0.2) is 0 Å². The van der Waals surface area contributed by atoms with Crippen molar-refractivity contribution in [2.45, 2.75) is 78.2 Å². The van der Waals surface area contributed by atoms with Gasteiger partial charge in [-0.1, -0.05) is 33.6 Å². The van der Waals surface area contributed by atoms with Gasteiger partial charge in [-0.3, -0.25) is 0 Å². The summed E-state index contributed by atoms with van der Waals surface area (Å²) >= 11 is 5.45. The van der Waals surface area contributed by atoms with Crippen molar-refractivity contribution < 1.29 is 0 Å². The van der Waals surface area contributed by atoms with Crippen LogP contribution in [0, 0.1) is 11.3 Å². The Kier molecular flexibility index (Phi) is 11.1. The van der Waals surface area contributed by atoms with Crippen molar-refractivity contribution in [2.75, 3.05) is 12.4 Å². The minimum atomic E-state index is 0.494. The highest BCUT2D eigenvalue weighted by Crippen LogP contribution is 2.37. The molecule has 0 aromatic rings. The first-order valence-corrected chi connectivity index (χ1v) is 8.47. The highest BCUT2D eigenvalue weighted by Gasteiger charge is 2.28. The molecule has 0 atom stereocenters. The predicted molar refractivity (Wildman–Crippen MR) is 87.6 cm³/mol. The van der Waals surface area contributed by atoms with Crippen molar-refractivity contribution in [3.8, 4) is 0 Å². The van der Waals surface area contributed by atoms with Crippen LogP contribution in [-0.4, -0.2) is 18.5 Å². The van der Waals surface area contributed by atoms with Gasteiger partial charge in [0, 0.05) is 11.9 Å². The molecule has 0 saturated heterocycles. The second kappa shape index (κ2) is 10.9. The lowest BCUT2D eigenvalue weighted by molar-refractivity contribution is 0.170. The summed E-state index contributed by atoms with van der Waals surface area (Å²) in [4.78, 5) is 0. The Balaban J connectivity index is 0.000000362. The molecule has 0 bridgehead atoms. The summed E-state index contributed by atoms with van der Waals surface area (Å²) in [5.41, 5.74) is 11.6. The summed E-state index contributed by atoms with van der Waals surface area (Å²) in [6.45, 7) is 7.85. The summed E-state index contributed by atoms with van der Waals surface area (Å²) < 4.78 is 0. The van der Waals surface area contributed by atoms with Crippen LogP contribution in [0.5, 0.6) is 0 Å². The zero-order valence-electron chi connectivity index (χ0n) is 13.3. The Hall–Kier alpha value is 0.210. The first-order chi connectivity index (χ1) is 8.91. The number of rotatable bonds is 5. The summed E-state index contributed by atoms with van der Waals surface area (Å²) in [5, 5.41) is 0. The average molecular weight is 291 g/mol. The standard InChI is InChI=1S/C10H21N.C6H14ClN/c1-10(2,3)8-4-6-9(11)7-5-8;7-5-3-1-2-4-6-8/h8-9H,4-7,11H2,1-3H3;1-6,8H2. The molecule has 0 unspecified atom stereocenters. The predicted octanol–water partition coefficient (Wildman–Crippen LogP) is 4.29. The molecule has 0 heterocycles. The lowest BCUT2D eigenvalue weighted by atomic mass is 9.71. The smallest absolute Gasteiger partial charge is 0.0223 e. The fourth-order valence-electron chi connectivity index (χ4n) is 2.58. The van der Waals surface area contributed by atoms with Crippen LogP contribution >= 0.6 is 11.6 Å².